The molecule has 9 heteroatoms. The zero-order valence-electron chi connectivity index (χ0n) is 19.9. The third-order valence-corrected chi connectivity index (χ3v) is 7.29. The van der Waals surface area contributed by atoms with Gasteiger partial charge in [-0.25, -0.2) is 0 Å². The molecule has 2 aliphatic rings. The second-order valence-electron chi connectivity index (χ2n) is 9.49. The Kier molecular flexibility index (Phi) is 10.2. The number of rotatable bonds is 9. The fourth-order valence-corrected chi connectivity index (χ4v) is 5.39. The summed E-state index contributed by atoms with van der Waals surface area (Å²) < 4.78 is 0. The van der Waals surface area contributed by atoms with Crippen molar-refractivity contribution in [2.24, 2.45) is 5.73 Å². The summed E-state index contributed by atoms with van der Waals surface area (Å²) in [6.07, 6.45) is 9.56. The van der Waals surface area contributed by atoms with Crippen molar-refractivity contribution in [1.29, 1.82) is 0 Å². The molecule has 3 rings (SSSR count). The molecule has 0 radical (unpaired) electrons. The van der Waals surface area contributed by atoms with Crippen LogP contribution >= 0.6 is 11.6 Å². The van der Waals surface area contributed by atoms with Crippen LogP contribution in [0.4, 0.5) is 5.69 Å². The van der Waals surface area contributed by atoms with Crippen LogP contribution in [-0.4, -0.2) is 60.4 Å². The number of anilines is 1. The van der Waals surface area contributed by atoms with E-state index < -0.39 is 11.8 Å². The smallest absolute Gasteiger partial charge is 0.313 e. The first-order valence-electron chi connectivity index (χ1n) is 12.5. The van der Waals surface area contributed by atoms with Crippen molar-refractivity contribution >= 4 is 35.0 Å². The standard InChI is InChI=1S/C25H38ClN5O3/c26-19-7-9-20(10-8-19)29-23(33)24(34)30-21-11-16-31(25(18-21)12-3-1-4-13-25)17-15-28-22(32)6-2-5-14-27/h7-10,21H,1-6,11-18,27H2,(H,28,32)(H,29,33)(H,30,34). The lowest BCUT2D eigenvalue weighted by atomic mass is 9.73. The zero-order chi connectivity index (χ0) is 24.4. The maximum atomic E-state index is 12.6. The van der Waals surface area contributed by atoms with Gasteiger partial charge in [-0.3, -0.25) is 19.3 Å². The molecule has 34 heavy (non-hydrogen) atoms. The third-order valence-electron chi connectivity index (χ3n) is 7.03. The first kappa shape index (κ1) is 26.4. The van der Waals surface area contributed by atoms with E-state index >= 15 is 0 Å². The summed E-state index contributed by atoms with van der Waals surface area (Å²) in [6, 6.07) is 6.63. The average Bonchev–Trinajstić information content (AvgIpc) is 2.82. The summed E-state index contributed by atoms with van der Waals surface area (Å²) in [4.78, 5) is 39.5. The molecule has 0 bridgehead atoms. The van der Waals surface area contributed by atoms with Gasteiger partial charge in [0.15, 0.2) is 0 Å². The van der Waals surface area contributed by atoms with Gasteiger partial charge in [-0.05, 0) is 69.3 Å². The maximum Gasteiger partial charge on any atom is 0.313 e. The predicted octanol–water partition coefficient (Wildman–Crippen LogP) is 2.81. The van der Waals surface area contributed by atoms with Crippen LogP contribution in [0.25, 0.3) is 0 Å². The van der Waals surface area contributed by atoms with Gasteiger partial charge in [-0.1, -0.05) is 30.9 Å². The number of piperidine rings is 1. The largest absolute Gasteiger partial charge is 0.355 e. The molecule has 1 aliphatic heterocycles. The van der Waals surface area contributed by atoms with Crippen LogP contribution in [0.1, 0.15) is 64.2 Å². The van der Waals surface area contributed by atoms with Gasteiger partial charge < -0.3 is 21.7 Å². The van der Waals surface area contributed by atoms with E-state index in [2.05, 4.69) is 20.9 Å². The molecular weight excluding hydrogens is 454 g/mol. The van der Waals surface area contributed by atoms with Crippen LogP contribution in [-0.2, 0) is 14.4 Å². The van der Waals surface area contributed by atoms with Crippen LogP contribution in [0.5, 0.6) is 0 Å². The fourth-order valence-electron chi connectivity index (χ4n) is 5.26. The Bertz CT molecular complexity index is 826. The van der Waals surface area contributed by atoms with Crippen molar-refractivity contribution in [3.8, 4) is 0 Å². The molecule has 1 spiro atoms. The number of halogens is 1. The Balaban J connectivity index is 1.51. The van der Waals surface area contributed by atoms with Crippen LogP contribution in [0.3, 0.4) is 0 Å². The highest BCUT2D eigenvalue weighted by Gasteiger charge is 2.43. The number of nitrogens with one attached hydrogen (secondary N) is 3. The van der Waals surface area contributed by atoms with E-state index in [0.29, 0.717) is 30.2 Å². The molecule has 1 saturated heterocycles. The number of carbonyl (C=O) groups excluding carboxylic acids is 3. The van der Waals surface area contributed by atoms with Gasteiger partial charge in [0.1, 0.15) is 0 Å². The zero-order valence-corrected chi connectivity index (χ0v) is 20.7. The third kappa shape index (κ3) is 7.68. The van der Waals surface area contributed by atoms with Gasteiger partial charge in [0.25, 0.3) is 0 Å². The Morgan fingerprint density at radius 1 is 1.06 bits per heavy atom. The van der Waals surface area contributed by atoms with E-state index in [1.165, 1.54) is 19.3 Å². The molecule has 1 heterocycles. The fraction of sp³-hybridized carbons (Fsp3) is 0.640. The van der Waals surface area contributed by atoms with Gasteiger partial charge in [0.2, 0.25) is 5.91 Å². The number of unbranched alkanes of at least 4 members (excludes halogenated alkanes) is 1. The molecule has 1 unspecified atom stereocenters. The first-order chi connectivity index (χ1) is 16.4. The van der Waals surface area contributed by atoms with Crippen LogP contribution in [0.15, 0.2) is 24.3 Å². The van der Waals surface area contributed by atoms with Crippen LogP contribution in [0.2, 0.25) is 5.02 Å². The lowest BCUT2D eigenvalue weighted by Gasteiger charge is -2.52. The highest BCUT2D eigenvalue weighted by molar-refractivity contribution is 6.39. The number of hydrogen-bond donors (Lipinski definition) is 4. The van der Waals surface area contributed by atoms with Crippen molar-refractivity contribution in [2.45, 2.75) is 75.8 Å². The first-order valence-corrected chi connectivity index (χ1v) is 12.9. The van der Waals surface area contributed by atoms with E-state index in [1.54, 1.807) is 24.3 Å². The van der Waals surface area contributed by atoms with E-state index in [9.17, 15) is 14.4 Å². The number of amides is 3. The van der Waals surface area contributed by atoms with Crippen LogP contribution < -0.4 is 21.7 Å². The Hall–Kier alpha value is -2.16. The van der Waals surface area contributed by atoms with Gasteiger partial charge in [-0.15, -0.1) is 0 Å². The number of carbonyl (C=O) groups is 3. The molecule has 0 aromatic heterocycles. The lowest BCUT2D eigenvalue weighted by Crippen LogP contribution is -2.60. The van der Waals surface area contributed by atoms with Gasteiger partial charge >= 0.3 is 11.8 Å². The highest BCUT2D eigenvalue weighted by Crippen LogP contribution is 2.40. The normalized spacial score (nSPS) is 20.0. The molecule has 5 N–H and O–H groups in total. The second kappa shape index (κ2) is 13.1. The van der Waals surface area contributed by atoms with Gasteiger partial charge in [-0.2, -0.15) is 0 Å². The monoisotopic (exact) mass is 491 g/mol. The van der Waals surface area contributed by atoms with Crippen molar-refractivity contribution in [3.05, 3.63) is 29.3 Å². The van der Waals surface area contributed by atoms with Crippen molar-refractivity contribution in [3.63, 3.8) is 0 Å². The van der Waals surface area contributed by atoms with Crippen molar-refractivity contribution < 1.29 is 14.4 Å². The molecular formula is C25H38ClN5O3. The highest BCUT2D eigenvalue weighted by atomic mass is 35.5. The average molecular weight is 492 g/mol. The number of nitrogens with zero attached hydrogens (tertiary/aromatic N) is 1. The predicted molar refractivity (Wildman–Crippen MR) is 135 cm³/mol. The van der Waals surface area contributed by atoms with Gasteiger partial charge in [0, 0.05) is 48.3 Å². The minimum atomic E-state index is -0.667. The molecule has 8 nitrogen and oxygen atoms in total. The van der Waals surface area contributed by atoms with E-state index in [0.717, 1.165) is 51.6 Å². The topological polar surface area (TPSA) is 117 Å². The van der Waals surface area contributed by atoms with E-state index in [4.69, 9.17) is 17.3 Å². The molecule has 1 aromatic rings. The SMILES string of the molecule is NCCCCC(=O)NCCN1CCC(NC(=O)C(=O)Nc2ccc(Cl)cc2)CC12CCCCC2. The Morgan fingerprint density at radius 3 is 2.50 bits per heavy atom. The number of hydrogen-bond acceptors (Lipinski definition) is 5. The number of likely N-dealkylation sites (tertiary alicyclic amines) is 1. The summed E-state index contributed by atoms with van der Waals surface area (Å²) in [6.45, 7) is 2.89. The number of benzene rings is 1. The van der Waals surface area contributed by atoms with Crippen molar-refractivity contribution in [2.75, 3.05) is 31.5 Å². The minimum Gasteiger partial charge on any atom is -0.355 e. The minimum absolute atomic E-state index is 0.0192. The van der Waals surface area contributed by atoms with Crippen LogP contribution in [0, 0.1) is 0 Å². The quantitative estimate of drug-likeness (QED) is 0.313. The summed E-state index contributed by atoms with van der Waals surface area (Å²) >= 11 is 5.87. The molecule has 3 amide bonds. The molecule has 2 fully saturated rings. The molecule has 1 aliphatic carbocycles. The second-order valence-corrected chi connectivity index (χ2v) is 9.93. The van der Waals surface area contributed by atoms with Crippen molar-refractivity contribution in [1.82, 2.24) is 15.5 Å². The molecule has 188 valence electrons. The number of nitrogens with two attached hydrogens (primary N) is 1. The summed E-state index contributed by atoms with van der Waals surface area (Å²) in [5, 5.41) is 9.20. The summed E-state index contributed by atoms with van der Waals surface area (Å²) in [5.41, 5.74) is 6.05. The molecule has 1 saturated carbocycles. The summed E-state index contributed by atoms with van der Waals surface area (Å²) in [5.74, 6) is -1.19. The maximum absolute atomic E-state index is 12.6. The van der Waals surface area contributed by atoms with E-state index in [-0.39, 0.29) is 17.5 Å². The molecule has 1 aromatic carbocycles. The summed E-state index contributed by atoms with van der Waals surface area (Å²) in [7, 11) is 0. The lowest BCUT2D eigenvalue weighted by molar-refractivity contribution is -0.137. The van der Waals surface area contributed by atoms with E-state index in [1.807, 2.05) is 0 Å². The Morgan fingerprint density at radius 2 is 1.79 bits per heavy atom. The Labute approximate surface area is 207 Å². The molecule has 1 atom stereocenters. The van der Waals surface area contributed by atoms with Gasteiger partial charge in [0.05, 0.1) is 0 Å².